The van der Waals surface area contributed by atoms with Crippen LogP contribution in [0.25, 0.3) is 0 Å². The summed E-state index contributed by atoms with van der Waals surface area (Å²) in [5.41, 5.74) is 0. The van der Waals surface area contributed by atoms with E-state index < -0.39 is 0 Å². The molecule has 0 aromatic rings. The van der Waals surface area contributed by atoms with Crippen LogP contribution in [0.1, 0.15) is 26.2 Å². The van der Waals surface area contributed by atoms with Gasteiger partial charge in [-0.05, 0) is 32.7 Å². The molecule has 1 unspecified atom stereocenters. The Balaban J connectivity index is 1.64. The first-order valence-electron chi connectivity index (χ1n) is 5.92. The van der Waals surface area contributed by atoms with Gasteiger partial charge in [-0.1, -0.05) is 0 Å². The van der Waals surface area contributed by atoms with Gasteiger partial charge in [-0.2, -0.15) is 0 Å². The van der Waals surface area contributed by atoms with Crippen LogP contribution >= 0.6 is 0 Å². The van der Waals surface area contributed by atoms with Gasteiger partial charge < -0.3 is 15.4 Å². The molecule has 2 rings (SSSR count). The first kappa shape index (κ1) is 10.9. The zero-order valence-corrected chi connectivity index (χ0v) is 9.29. The average molecular weight is 212 g/mol. The van der Waals surface area contributed by atoms with Crippen molar-refractivity contribution in [3.8, 4) is 0 Å². The van der Waals surface area contributed by atoms with Gasteiger partial charge in [0, 0.05) is 19.2 Å². The number of carbonyl (C=O) groups excluding carboxylic acids is 1. The average Bonchev–Trinajstić information content (AvgIpc) is 2.67. The van der Waals surface area contributed by atoms with Gasteiger partial charge in [0.1, 0.15) is 0 Å². The molecular weight excluding hydrogens is 192 g/mol. The van der Waals surface area contributed by atoms with Crippen LogP contribution in [-0.4, -0.2) is 37.7 Å². The lowest BCUT2D eigenvalue weighted by atomic mass is 9.88. The molecule has 86 valence electrons. The third-order valence-corrected chi connectivity index (χ3v) is 3.27. The van der Waals surface area contributed by atoms with Gasteiger partial charge in [0.2, 0.25) is 5.91 Å². The molecule has 0 radical (unpaired) electrons. The predicted molar refractivity (Wildman–Crippen MR) is 57.6 cm³/mol. The van der Waals surface area contributed by atoms with E-state index in [4.69, 9.17) is 4.74 Å². The Bertz CT molecular complexity index is 221. The fourth-order valence-corrected chi connectivity index (χ4v) is 2.25. The lowest BCUT2D eigenvalue weighted by Gasteiger charge is -2.35. The van der Waals surface area contributed by atoms with Crippen LogP contribution in [-0.2, 0) is 9.53 Å². The fraction of sp³-hybridized carbons (Fsp3) is 0.909. The highest BCUT2D eigenvalue weighted by Gasteiger charge is 2.32. The monoisotopic (exact) mass is 212 g/mol. The number of hydrogen-bond donors (Lipinski definition) is 2. The molecule has 15 heavy (non-hydrogen) atoms. The smallest absolute Gasteiger partial charge is 0.224 e. The first-order chi connectivity index (χ1) is 7.29. The molecule has 4 heteroatoms. The number of amides is 1. The summed E-state index contributed by atoms with van der Waals surface area (Å²) in [6.45, 7) is 4.60. The van der Waals surface area contributed by atoms with Gasteiger partial charge in [-0.25, -0.2) is 0 Å². The SMILES string of the molecule is CCOC1CC(NC(=O)C2CCNC2)C1. The minimum atomic E-state index is 0.191. The van der Waals surface area contributed by atoms with Crippen molar-refractivity contribution in [2.75, 3.05) is 19.7 Å². The number of ether oxygens (including phenoxy) is 1. The Morgan fingerprint density at radius 3 is 2.93 bits per heavy atom. The van der Waals surface area contributed by atoms with E-state index in [0.29, 0.717) is 12.1 Å². The van der Waals surface area contributed by atoms with E-state index >= 15 is 0 Å². The summed E-state index contributed by atoms with van der Waals surface area (Å²) in [6, 6.07) is 0.356. The fourth-order valence-electron chi connectivity index (χ4n) is 2.25. The summed E-state index contributed by atoms with van der Waals surface area (Å²) in [4.78, 5) is 11.7. The van der Waals surface area contributed by atoms with Crippen LogP contribution in [0.4, 0.5) is 0 Å². The van der Waals surface area contributed by atoms with E-state index in [2.05, 4.69) is 10.6 Å². The van der Waals surface area contributed by atoms with Gasteiger partial charge in [-0.15, -0.1) is 0 Å². The van der Waals surface area contributed by atoms with Gasteiger partial charge in [0.15, 0.2) is 0 Å². The molecule has 1 heterocycles. The number of hydrogen-bond acceptors (Lipinski definition) is 3. The molecule has 0 spiro atoms. The highest BCUT2D eigenvalue weighted by atomic mass is 16.5. The Kier molecular flexibility index (Phi) is 3.59. The van der Waals surface area contributed by atoms with Gasteiger partial charge >= 0.3 is 0 Å². The van der Waals surface area contributed by atoms with Gasteiger partial charge in [0.05, 0.1) is 12.0 Å². The normalized spacial score (nSPS) is 34.9. The Hall–Kier alpha value is -0.610. The molecule has 4 nitrogen and oxygen atoms in total. The maximum Gasteiger partial charge on any atom is 0.224 e. The second-order valence-corrected chi connectivity index (χ2v) is 4.44. The summed E-state index contributed by atoms with van der Waals surface area (Å²) in [7, 11) is 0. The van der Waals surface area contributed by atoms with Crippen LogP contribution in [0.5, 0.6) is 0 Å². The van der Waals surface area contributed by atoms with Crippen molar-refractivity contribution < 1.29 is 9.53 Å². The van der Waals surface area contributed by atoms with E-state index in [1.807, 2.05) is 6.92 Å². The Morgan fingerprint density at radius 1 is 1.53 bits per heavy atom. The van der Waals surface area contributed by atoms with Crippen molar-refractivity contribution in [1.29, 1.82) is 0 Å². The molecule has 0 bridgehead atoms. The Morgan fingerprint density at radius 2 is 2.33 bits per heavy atom. The highest BCUT2D eigenvalue weighted by molar-refractivity contribution is 5.79. The van der Waals surface area contributed by atoms with Gasteiger partial charge in [0.25, 0.3) is 0 Å². The van der Waals surface area contributed by atoms with E-state index in [1.54, 1.807) is 0 Å². The molecular formula is C11H20N2O2. The van der Waals surface area contributed by atoms with Gasteiger partial charge in [-0.3, -0.25) is 4.79 Å². The quantitative estimate of drug-likeness (QED) is 0.704. The molecule has 1 aliphatic heterocycles. The molecule has 1 atom stereocenters. The largest absolute Gasteiger partial charge is 0.378 e. The highest BCUT2D eigenvalue weighted by Crippen LogP contribution is 2.23. The summed E-state index contributed by atoms with van der Waals surface area (Å²) >= 11 is 0. The molecule has 1 amide bonds. The topological polar surface area (TPSA) is 50.4 Å². The lowest BCUT2D eigenvalue weighted by Crippen LogP contribution is -2.49. The summed E-state index contributed by atoms with van der Waals surface area (Å²) < 4.78 is 5.45. The molecule has 2 fully saturated rings. The van der Waals surface area contributed by atoms with Crippen LogP contribution < -0.4 is 10.6 Å². The molecule has 2 N–H and O–H groups in total. The minimum absolute atomic E-state index is 0.191. The second kappa shape index (κ2) is 4.94. The minimum Gasteiger partial charge on any atom is -0.378 e. The van der Waals surface area contributed by atoms with E-state index in [1.165, 1.54) is 0 Å². The Labute approximate surface area is 90.8 Å². The third-order valence-electron chi connectivity index (χ3n) is 3.27. The number of carbonyl (C=O) groups is 1. The van der Waals surface area contributed by atoms with Crippen molar-refractivity contribution in [3.63, 3.8) is 0 Å². The standard InChI is InChI=1S/C11H20N2O2/c1-2-15-10-5-9(6-10)13-11(14)8-3-4-12-7-8/h8-10,12H,2-7H2,1H3,(H,13,14). The van der Waals surface area contributed by atoms with Crippen LogP contribution in [0, 0.1) is 5.92 Å². The molecule has 1 saturated carbocycles. The van der Waals surface area contributed by atoms with Crippen LogP contribution in [0.2, 0.25) is 0 Å². The van der Waals surface area contributed by atoms with Crippen molar-refractivity contribution in [3.05, 3.63) is 0 Å². The molecule has 2 aliphatic rings. The maximum absolute atomic E-state index is 11.7. The molecule has 0 aromatic heterocycles. The summed E-state index contributed by atoms with van der Waals surface area (Å²) in [5, 5.41) is 6.29. The van der Waals surface area contributed by atoms with Crippen molar-refractivity contribution in [1.82, 2.24) is 10.6 Å². The summed E-state index contributed by atoms with van der Waals surface area (Å²) in [5.74, 6) is 0.413. The third kappa shape index (κ3) is 2.69. The first-order valence-corrected chi connectivity index (χ1v) is 5.92. The van der Waals surface area contributed by atoms with E-state index in [9.17, 15) is 4.79 Å². The van der Waals surface area contributed by atoms with Crippen molar-refractivity contribution in [2.24, 2.45) is 5.92 Å². The second-order valence-electron chi connectivity index (χ2n) is 4.44. The zero-order valence-electron chi connectivity index (χ0n) is 9.29. The maximum atomic E-state index is 11.7. The zero-order chi connectivity index (χ0) is 10.7. The number of nitrogens with one attached hydrogen (secondary N) is 2. The molecule has 0 aromatic carbocycles. The van der Waals surface area contributed by atoms with Crippen molar-refractivity contribution >= 4 is 5.91 Å². The molecule has 1 aliphatic carbocycles. The lowest BCUT2D eigenvalue weighted by molar-refractivity contribution is -0.127. The number of rotatable bonds is 4. The van der Waals surface area contributed by atoms with Crippen molar-refractivity contribution in [2.45, 2.75) is 38.3 Å². The van der Waals surface area contributed by atoms with E-state index in [0.717, 1.165) is 39.0 Å². The predicted octanol–water partition coefficient (Wildman–Crippen LogP) is 0.280. The van der Waals surface area contributed by atoms with Crippen LogP contribution in [0.15, 0.2) is 0 Å². The summed E-state index contributed by atoms with van der Waals surface area (Å²) in [6.07, 6.45) is 3.33. The van der Waals surface area contributed by atoms with E-state index in [-0.39, 0.29) is 11.8 Å². The molecule has 1 saturated heterocycles. The van der Waals surface area contributed by atoms with Crippen LogP contribution in [0.3, 0.4) is 0 Å².